The number of hydrogen-bond acceptors (Lipinski definition) is 0. The average Bonchev–Trinajstić information content (AvgIpc) is 2.53. The highest BCUT2D eigenvalue weighted by Crippen LogP contribution is 2.13. The maximum absolute atomic E-state index is 4.08. The van der Waals surface area contributed by atoms with Gasteiger partial charge in [-0.3, -0.25) is 0 Å². The van der Waals surface area contributed by atoms with Gasteiger partial charge in [0.05, 0.1) is 0 Å². The number of benzene rings is 2. The molecule has 0 N–H and O–H groups in total. The van der Waals surface area contributed by atoms with Crippen molar-refractivity contribution in [2.45, 2.75) is 13.3 Å². The van der Waals surface area contributed by atoms with E-state index < -0.39 is 0 Å². The predicted molar refractivity (Wildman–Crippen MR) is 98.6 cm³/mol. The maximum Gasteiger partial charge on any atom is -0.00316 e. The van der Waals surface area contributed by atoms with E-state index in [-0.39, 0.29) is 0 Å². The molecule has 2 aromatic rings. The van der Waals surface area contributed by atoms with Gasteiger partial charge in [-0.05, 0) is 30.0 Å². The smallest absolute Gasteiger partial charge is 0.00316 e. The van der Waals surface area contributed by atoms with Crippen LogP contribution in [0.3, 0.4) is 0 Å². The lowest BCUT2D eigenvalue weighted by Crippen LogP contribution is -1.86. The van der Waals surface area contributed by atoms with Crippen LogP contribution in [0.2, 0.25) is 0 Å². The highest BCUT2D eigenvalue weighted by atomic mass is 14.0. The quantitative estimate of drug-likeness (QED) is 0.445. The van der Waals surface area contributed by atoms with Crippen molar-refractivity contribution in [1.82, 2.24) is 0 Å². The lowest BCUT2D eigenvalue weighted by atomic mass is 10.0. The first-order valence-corrected chi connectivity index (χ1v) is 7.47. The van der Waals surface area contributed by atoms with Crippen LogP contribution in [0.15, 0.2) is 91.1 Å². The second-order valence-corrected chi connectivity index (χ2v) is 5.50. The third-order valence-electron chi connectivity index (χ3n) is 3.28. The van der Waals surface area contributed by atoms with Gasteiger partial charge in [-0.2, -0.15) is 0 Å². The normalized spacial score (nSPS) is 11.1. The highest BCUT2D eigenvalue weighted by molar-refractivity contribution is 5.69. The molecule has 0 radical (unpaired) electrons. The summed E-state index contributed by atoms with van der Waals surface area (Å²) >= 11 is 0. The van der Waals surface area contributed by atoms with Crippen LogP contribution in [0.4, 0.5) is 0 Å². The Balaban J connectivity index is 1.97. The molecular weight excluding hydrogens is 264 g/mol. The Bertz CT molecular complexity index is 683. The van der Waals surface area contributed by atoms with Gasteiger partial charge in [-0.25, -0.2) is 0 Å². The molecule has 2 aromatic carbocycles. The molecule has 0 bridgehead atoms. The molecule has 0 aliphatic carbocycles. The number of allylic oxidation sites excluding steroid dienone is 4. The van der Waals surface area contributed by atoms with Crippen molar-refractivity contribution in [3.63, 3.8) is 0 Å². The molecule has 0 saturated heterocycles. The van der Waals surface area contributed by atoms with Crippen molar-refractivity contribution in [3.05, 3.63) is 108 Å². The monoisotopic (exact) mass is 286 g/mol. The summed E-state index contributed by atoms with van der Waals surface area (Å²) in [5, 5.41) is 0. The summed E-state index contributed by atoms with van der Waals surface area (Å²) in [5.41, 5.74) is 5.83. The third kappa shape index (κ3) is 5.41. The fourth-order valence-electron chi connectivity index (χ4n) is 2.08. The van der Waals surface area contributed by atoms with Gasteiger partial charge in [-0.15, -0.1) is 0 Å². The first-order valence-electron chi connectivity index (χ1n) is 7.47. The molecule has 0 aliphatic heterocycles. The molecule has 0 unspecified atom stereocenters. The highest BCUT2D eigenvalue weighted by Gasteiger charge is 1.95. The largest absolute Gasteiger partial charge is 0.0961 e. The molecule has 110 valence electrons. The van der Waals surface area contributed by atoms with Crippen LogP contribution in [0.25, 0.3) is 12.2 Å². The van der Waals surface area contributed by atoms with Crippen LogP contribution < -0.4 is 0 Å². The second-order valence-electron chi connectivity index (χ2n) is 5.50. The fourth-order valence-corrected chi connectivity index (χ4v) is 2.08. The number of hydrogen-bond donors (Lipinski definition) is 0. The van der Waals surface area contributed by atoms with Crippen molar-refractivity contribution in [2.75, 3.05) is 0 Å². The van der Waals surface area contributed by atoms with Crippen LogP contribution in [0.1, 0.15) is 23.6 Å². The zero-order valence-electron chi connectivity index (χ0n) is 13.1. The number of rotatable bonds is 6. The molecule has 0 nitrogen and oxygen atoms in total. The molecule has 0 amide bonds. The van der Waals surface area contributed by atoms with E-state index >= 15 is 0 Å². The molecule has 0 heteroatoms. The van der Waals surface area contributed by atoms with E-state index in [1.54, 1.807) is 0 Å². The van der Waals surface area contributed by atoms with Crippen molar-refractivity contribution >= 4 is 12.2 Å². The molecule has 0 atom stereocenters. The summed E-state index contributed by atoms with van der Waals surface area (Å²) in [7, 11) is 0. The standard InChI is InChI=1S/C22H22/c1-18(2)9-10-19(3)17-22-15-13-21(14-16-22)12-11-20-7-5-4-6-8-20/h4-16H,1,3,17H2,2H3/b10-9+,12-11+. The van der Waals surface area contributed by atoms with Gasteiger partial charge in [0.2, 0.25) is 0 Å². The SMILES string of the molecule is C=C(C)/C=C/C(=C)Cc1ccc(/C=C/c2ccccc2)cc1. The minimum Gasteiger partial charge on any atom is -0.0961 e. The zero-order valence-corrected chi connectivity index (χ0v) is 13.1. The van der Waals surface area contributed by atoms with Crippen LogP contribution >= 0.6 is 0 Å². The fraction of sp³-hybridized carbons (Fsp3) is 0.0909. The minimum atomic E-state index is 0.868. The van der Waals surface area contributed by atoms with E-state index in [1.807, 2.05) is 37.3 Å². The van der Waals surface area contributed by atoms with E-state index in [0.29, 0.717) is 0 Å². The van der Waals surface area contributed by atoms with Crippen molar-refractivity contribution < 1.29 is 0 Å². The van der Waals surface area contributed by atoms with Crippen molar-refractivity contribution in [1.29, 1.82) is 0 Å². The van der Waals surface area contributed by atoms with Gasteiger partial charge < -0.3 is 0 Å². The molecule has 0 aromatic heterocycles. The summed E-state index contributed by atoms with van der Waals surface area (Å²) < 4.78 is 0. The second kappa shape index (κ2) is 7.99. The maximum atomic E-state index is 4.08. The zero-order chi connectivity index (χ0) is 15.8. The Morgan fingerprint density at radius 2 is 1.41 bits per heavy atom. The van der Waals surface area contributed by atoms with Crippen LogP contribution in [-0.4, -0.2) is 0 Å². The molecule has 22 heavy (non-hydrogen) atoms. The van der Waals surface area contributed by atoms with E-state index in [0.717, 1.165) is 17.6 Å². The molecule has 0 saturated carbocycles. The van der Waals surface area contributed by atoms with Gasteiger partial charge in [0, 0.05) is 0 Å². The van der Waals surface area contributed by atoms with Gasteiger partial charge in [-0.1, -0.05) is 103 Å². The van der Waals surface area contributed by atoms with E-state index in [1.165, 1.54) is 16.7 Å². The lowest BCUT2D eigenvalue weighted by Gasteiger charge is -2.02. The van der Waals surface area contributed by atoms with Crippen LogP contribution in [-0.2, 0) is 6.42 Å². The Morgan fingerprint density at radius 1 is 0.818 bits per heavy atom. The molecular formula is C22H22. The summed E-state index contributed by atoms with van der Waals surface area (Å²) in [5.74, 6) is 0. The molecule has 0 spiro atoms. The first-order chi connectivity index (χ1) is 10.6. The topological polar surface area (TPSA) is 0 Å². The van der Waals surface area contributed by atoms with Crippen LogP contribution in [0.5, 0.6) is 0 Å². The van der Waals surface area contributed by atoms with E-state index in [4.69, 9.17) is 0 Å². The summed E-state index contributed by atoms with van der Waals surface area (Å²) in [6, 6.07) is 18.9. The summed E-state index contributed by atoms with van der Waals surface area (Å²) in [6.07, 6.45) is 9.16. The predicted octanol–water partition coefficient (Wildman–Crippen LogP) is 6.09. The van der Waals surface area contributed by atoms with Crippen molar-refractivity contribution in [2.24, 2.45) is 0 Å². The Kier molecular flexibility index (Phi) is 5.73. The summed E-state index contributed by atoms with van der Waals surface area (Å²) in [4.78, 5) is 0. The van der Waals surface area contributed by atoms with Crippen LogP contribution in [0, 0.1) is 0 Å². The third-order valence-corrected chi connectivity index (χ3v) is 3.28. The Labute approximate surface area is 133 Å². The summed E-state index contributed by atoms with van der Waals surface area (Å²) in [6.45, 7) is 9.92. The van der Waals surface area contributed by atoms with Crippen molar-refractivity contribution in [3.8, 4) is 0 Å². The van der Waals surface area contributed by atoms with Gasteiger partial charge in [0.15, 0.2) is 0 Å². The van der Waals surface area contributed by atoms with Gasteiger partial charge in [0.1, 0.15) is 0 Å². The molecule has 0 heterocycles. The average molecular weight is 286 g/mol. The molecule has 2 rings (SSSR count). The Morgan fingerprint density at radius 3 is 2.00 bits per heavy atom. The minimum absolute atomic E-state index is 0.868. The van der Waals surface area contributed by atoms with Gasteiger partial charge in [0.25, 0.3) is 0 Å². The van der Waals surface area contributed by atoms with Gasteiger partial charge >= 0.3 is 0 Å². The van der Waals surface area contributed by atoms with E-state index in [9.17, 15) is 0 Å². The molecule has 0 fully saturated rings. The van der Waals surface area contributed by atoms with E-state index in [2.05, 4.69) is 61.7 Å². The first kappa shape index (κ1) is 15.8. The lowest BCUT2D eigenvalue weighted by molar-refractivity contribution is 1.20. The molecule has 0 aliphatic rings. The Hall–Kier alpha value is -2.60.